The van der Waals surface area contributed by atoms with Crippen LogP contribution in [-0.4, -0.2) is 8.80 Å². The van der Waals surface area contributed by atoms with Gasteiger partial charge in [0.2, 0.25) is 0 Å². The van der Waals surface area contributed by atoms with E-state index in [2.05, 4.69) is 85.8 Å². The summed E-state index contributed by atoms with van der Waals surface area (Å²) in [7, 11) is -1.44. The Bertz CT molecular complexity index is 684. The van der Waals surface area contributed by atoms with Gasteiger partial charge in [-0.3, -0.25) is 0 Å². The van der Waals surface area contributed by atoms with E-state index in [0.29, 0.717) is 0 Å². The van der Waals surface area contributed by atoms with E-state index in [4.69, 9.17) is 5.73 Å². The van der Waals surface area contributed by atoms with Crippen LogP contribution in [0.3, 0.4) is 0 Å². The van der Waals surface area contributed by atoms with E-state index >= 15 is 0 Å². The highest BCUT2D eigenvalue weighted by molar-refractivity contribution is 6.95. The van der Waals surface area contributed by atoms with Crippen molar-refractivity contribution in [3.8, 4) is 0 Å². The molecule has 3 aromatic carbocycles. The monoisotopic (exact) mass is 289 g/mol. The van der Waals surface area contributed by atoms with Crippen LogP contribution < -0.4 is 21.3 Å². The average molecular weight is 289 g/mol. The Morgan fingerprint density at radius 1 is 0.667 bits per heavy atom. The minimum Gasteiger partial charge on any atom is -0.399 e. The van der Waals surface area contributed by atoms with Gasteiger partial charge in [0.05, 0.1) is 0 Å². The fraction of sp³-hybridized carbons (Fsp3) is 0.0526. The van der Waals surface area contributed by atoms with Gasteiger partial charge in [0, 0.05) is 5.69 Å². The Morgan fingerprint density at radius 3 is 1.67 bits per heavy atom. The maximum Gasteiger partial charge on any atom is 0.133 e. The molecule has 0 aromatic heterocycles. The molecule has 0 heterocycles. The van der Waals surface area contributed by atoms with Crippen molar-refractivity contribution in [2.75, 3.05) is 5.73 Å². The van der Waals surface area contributed by atoms with Crippen LogP contribution in [0, 0.1) is 6.92 Å². The number of nitrogen functional groups attached to an aromatic ring is 1. The lowest BCUT2D eigenvalue weighted by Crippen LogP contribution is -2.51. The Hall–Kier alpha value is -2.32. The normalized spacial score (nSPS) is 10.8. The van der Waals surface area contributed by atoms with Crippen LogP contribution >= 0.6 is 0 Å². The molecule has 1 nitrogen and oxygen atoms in total. The molecular weight excluding hydrogens is 270 g/mol. The van der Waals surface area contributed by atoms with Crippen LogP contribution in [0.4, 0.5) is 5.69 Å². The van der Waals surface area contributed by atoms with E-state index in [1.807, 2.05) is 0 Å². The predicted molar refractivity (Wildman–Crippen MR) is 94.5 cm³/mol. The second-order valence-corrected chi connectivity index (χ2v) is 8.24. The van der Waals surface area contributed by atoms with Gasteiger partial charge in [-0.2, -0.15) is 0 Å². The first kappa shape index (κ1) is 13.7. The molecule has 3 rings (SSSR count). The zero-order valence-corrected chi connectivity index (χ0v) is 13.3. The third kappa shape index (κ3) is 2.90. The largest absolute Gasteiger partial charge is 0.399 e. The van der Waals surface area contributed by atoms with Gasteiger partial charge < -0.3 is 5.73 Å². The predicted octanol–water partition coefficient (Wildman–Crippen LogP) is 1.83. The topological polar surface area (TPSA) is 26.0 Å². The summed E-state index contributed by atoms with van der Waals surface area (Å²) in [6.45, 7) is 2.06. The average Bonchev–Trinajstić information content (AvgIpc) is 2.53. The SMILES string of the molecule is Cc1ccc([SiH](c2ccccc2)c2ccccc2)cc1N. The molecule has 0 radical (unpaired) electrons. The molecule has 0 fully saturated rings. The molecule has 21 heavy (non-hydrogen) atoms. The molecule has 0 saturated carbocycles. The van der Waals surface area contributed by atoms with E-state index < -0.39 is 8.80 Å². The van der Waals surface area contributed by atoms with Crippen molar-refractivity contribution in [1.82, 2.24) is 0 Å². The summed E-state index contributed by atoms with van der Waals surface area (Å²) in [5, 5.41) is 4.22. The smallest absolute Gasteiger partial charge is 0.133 e. The van der Waals surface area contributed by atoms with E-state index in [0.717, 1.165) is 11.3 Å². The fourth-order valence-electron chi connectivity index (χ4n) is 2.71. The van der Waals surface area contributed by atoms with Crippen molar-refractivity contribution in [1.29, 1.82) is 0 Å². The van der Waals surface area contributed by atoms with Crippen LogP contribution in [-0.2, 0) is 0 Å². The molecule has 0 aliphatic heterocycles. The quantitative estimate of drug-likeness (QED) is 0.444. The lowest BCUT2D eigenvalue weighted by Gasteiger charge is -2.18. The fourth-order valence-corrected chi connectivity index (χ4v) is 5.71. The number of nitrogens with two attached hydrogens (primary N) is 1. The molecule has 0 spiro atoms. The summed E-state index contributed by atoms with van der Waals surface area (Å²) >= 11 is 0. The van der Waals surface area contributed by atoms with Crippen molar-refractivity contribution < 1.29 is 0 Å². The second-order valence-electron chi connectivity index (χ2n) is 5.37. The van der Waals surface area contributed by atoms with Gasteiger partial charge in [-0.1, -0.05) is 88.4 Å². The molecule has 2 N–H and O–H groups in total. The van der Waals surface area contributed by atoms with Crippen LogP contribution in [0.25, 0.3) is 0 Å². The van der Waals surface area contributed by atoms with Crippen LogP contribution in [0.5, 0.6) is 0 Å². The first-order chi connectivity index (χ1) is 10.3. The molecule has 0 unspecified atom stereocenters. The van der Waals surface area contributed by atoms with E-state index in [9.17, 15) is 0 Å². The highest BCUT2D eigenvalue weighted by Crippen LogP contribution is 2.07. The van der Waals surface area contributed by atoms with Gasteiger partial charge in [0.1, 0.15) is 8.80 Å². The maximum atomic E-state index is 6.14. The van der Waals surface area contributed by atoms with Gasteiger partial charge in [0.25, 0.3) is 0 Å². The Morgan fingerprint density at radius 2 is 1.19 bits per heavy atom. The van der Waals surface area contributed by atoms with Crippen LogP contribution in [0.1, 0.15) is 5.56 Å². The molecular formula is C19H19NSi. The van der Waals surface area contributed by atoms with Crippen molar-refractivity contribution in [3.63, 3.8) is 0 Å². The third-order valence-electron chi connectivity index (χ3n) is 3.90. The number of rotatable bonds is 3. The van der Waals surface area contributed by atoms with Crippen LogP contribution in [0.2, 0.25) is 0 Å². The lowest BCUT2D eigenvalue weighted by molar-refractivity contribution is 1.48. The standard InChI is InChI=1S/C19H19NSi/c1-15-12-13-18(14-19(15)20)21(16-8-4-2-5-9-16)17-10-6-3-7-11-17/h2-14,21H,20H2,1H3. The zero-order valence-electron chi connectivity index (χ0n) is 12.2. The Balaban J connectivity index is 2.14. The summed E-state index contributed by atoms with van der Waals surface area (Å²) < 4.78 is 0. The van der Waals surface area contributed by atoms with Crippen molar-refractivity contribution in [3.05, 3.63) is 84.4 Å². The van der Waals surface area contributed by atoms with E-state index in [-0.39, 0.29) is 0 Å². The maximum absolute atomic E-state index is 6.14. The highest BCUT2D eigenvalue weighted by atomic mass is 28.3. The number of benzene rings is 3. The molecule has 0 atom stereocenters. The molecule has 0 saturated heterocycles. The first-order valence-electron chi connectivity index (χ1n) is 7.21. The number of anilines is 1. The minimum absolute atomic E-state index is 0.886. The molecule has 0 aliphatic rings. The van der Waals surface area contributed by atoms with Crippen molar-refractivity contribution in [2.24, 2.45) is 0 Å². The molecule has 0 aliphatic carbocycles. The molecule has 0 amide bonds. The summed E-state index contributed by atoms with van der Waals surface area (Å²) in [6.07, 6.45) is 0. The van der Waals surface area contributed by atoms with E-state index in [1.165, 1.54) is 15.6 Å². The minimum atomic E-state index is -1.44. The van der Waals surface area contributed by atoms with Crippen LogP contribution in [0.15, 0.2) is 78.9 Å². The number of hydrogen-bond acceptors (Lipinski definition) is 1. The number of aryl methyl sites for hydroxylation is 1. The highest BCUT2D eigenvalue weighted by Gasteiger charge is 2.18. The van der Waals surface area contributed by atoms with Gasteiger partial charge in [-0.25, -0.2) is 0 Å². The molecule has 104 valence electrons. The Kier molecular flexibility index (Phi) is 3.89. The van der Waals surface area contributed by atoms with Gasteiger partial charge >= 0.3 is 0 Å². The molecule has 0 bridgehead atoms. The molecule has 2 heteroatoms. The van der Waals surface area contributed by atoms with Gasteiger partial charge in [0.15, 0.2) is 0 Å². The number of hydrogen-bond donors (Lipinski definition) is 1. The molecule has 3 aromatic rings. The van der Waals surface area contributed by atoms with Gasteiger partial charge in [-0.15, -0.1) is 0 Å². The van der Waals surface area contributed by atoms with Gasteiger partial charge in [-0.05, 0) is 18.6 Å². The first-order valence-corrected chi connectivity index (χ1v) is 8.95. The summed E-state index contributed by atoms with van der Waals surface area (Å²) in [5.74, 6) is 0. The zero-order chi connectivity index (χ0) is 14.7. The second kappa shape index (κ2) is 5.98. The summed E-state index contributed by atoms with van der Waals surface area (Å²) in [4.78, 5) is 0. The summed E-state index contributed by atoms with van der Waals surface area (Å²) in [5.41, 5.74) is 8.17. The Labute approximate surface area is 127 Å². The lowest BCUT2D eigenvalue weighted by atomic mass is 10.2. The summed E-state index contributed by atoms with van der Waals surface area (Å²) in [6, 6.07) is 28.1. The third-order valence-corrected chi connectivity index (χ3v) is 7.03. The van der Waals surface area contributed by atoms with Crippen molar-refractivity contribution in [2.45, 2.75) is 6.92 Å². The van der Waals surface area contributed by atoms with Crippen molar-refractivity contribution >= 4 is 30.0 Å². The van der Waals surface area contributed by atoms with E-state index in [1.54, 1.807) is 0 Å².